The maximum Gasteiger partial charge on any atom is 0.280 e. The third-order valence-electron chi connectivity index (χ3n) is 5.58. The predicted octanol–water partition coefficient (Wildman–Crippen LogP) is 4.09. The molecule has 4 aromatic rings. The van der Waals surface area contributed by atoms with E-state index in [1.54, 1.807) is 41.7 Å². The molecule has 2 aromatic carbocycles. The van der Waals surface area contributed by atoms with Crippen molar-refractivity contribution in [3.05, 3.63) is 75.2 Å². The molecule has 2 heterocycles. The molecule has 9 heteroatoms. The molecule has 0 aliphatic heterocycles. The first kappa shape index (κ1) is 23.6. The van der Waals surface area contributed by atoms with E-state index in [9.17, 15) is 9.59 Å². The number of hydrogen-bond donors (Lipinski definition) is 0. The number of carbonyl (C=O) groups is 1. The molecule has 0 fully saturated rings. The quantitative estimate of drug-likeness (QED) is 0.203. The van der Waals surface area contributed by atoms with E-state index in [2.05, 4.69) is 5.10 Å². The van der Waals surface area contributed by atoms with Crippen LogP contribution in [-0.2, 0) is 18.8 Å². The molecule has 176 valence electrons. The first-order valence-corrected chi connectivity index (χ1v) is 11.8. The van der Waals surface area contributed by atoms with Crippen LogP contribution >= 0.6 is 11.8 Å². The fourth-order valence-corrected chi connectivity index (χ4v) is 4.78. The SMILES string of the molecule is CCn1nc(C)c2nc(SCc3cc(C=O)ccc3OC)n(Cc3ccc(OC)cc3)c(=O)c21. The summed E-state index contributed by atoms with van der Waals surface area (Å²) in [6.07, 6.45) is 0.806. The molecular weight excluding hydrogens is 452 g/mol. The Morgan fingerprint density at radius 3 is 2.50 bits per heavy atom. The number of carbonyl (C=O) groups excluding carboxylic acids is 1. The Kier molecular flexibility index (Phi) is 7.02. The first-order valence-electron chi connectivity index (χ1n) is 10.8. The molecule has 2 aromatic heterocycles. The monoisotopic (exact) mass is 478 g/mol. The fraction of sp³-hybridized carbons (Fsp3) is 0.280. The molecule has 0 amide bonds. The number of hydrogen-bond acceptors (Lipinski definition) is 7. The molecule has 0 radical (unpaired) electrons. The predicted molar refractivity (Wildman–Crippen MR) is 132 cm³/mol. The number of benzene rings is 2. The van der Waals surface area contributed by atoms with Gasteiger partial charge in [-0.05, 0) is 49.7 Å². The molecule has 0 bridgehead atoms. The Morgan fingerprint density at radius 1 is 1.09 bits per heavy atom. The van der Waals surface area contributed by atoms with Crippen LogP contribution < -0.4 is 15.0 Å². The highest BCUT2D eigenvalue weighted by Crippen LogP contribution is 2.29. The van der Waals surface area contributed by atoms with Crippen LogP contribution in [0, 0.1) is 6.92 Å². The summed E-state index contributed by atoms with van der Waals surface area (Å²) in [4.78, 5) is 29.8. The molecule has 0 N–H and O–H groups in total. The summed E-state index contributed by atoms with van der Waals surface area (Å²) in [6, 6.07) is 12.9. The van der Waals surface area contributed by atoms with Gasteiger partial charge < -0.3 is 9.47 Å². The summed E-state index contributed by atoms with van der Waals surface area (Å²) in [5.74, 6) is 1.91. The maximum absolute atomic E-state index is 13.7. The summed E-state index contributed by atoms with van der Waals surface area (Å²) in [7, 11) is 3.21. The van der Waals surface area contributed by atoms with Crippen LogP contribution in [0.4, 0.5) is 0 Å². The second kappa shape index (κ2) is 10.1. The highest BCUT2D eigenvalue weighted by atomic mass is 32.2. The topological polar surface area (TPSA) is 88.2 Å². The van der Waals surface area contributed by atoms with Crippen molar-refractivity contribution in [1.82, 2.24) is 19.3 Å². The lowest BCUT2D eigenvalue weighted by Crippen LogP contribution is -2.25. The molecule has 0 saturated carbocycles. The van der Waals surface area contributed by atoms with Gasteiger partial charge in [0, 0.05) is 23.4 Å². The second-order valence-electron chi connectivity index (χ2n) is 7.71. The zero-order chi connectivity index (χ0) is 24.2. The van der Waals surface area contributed by atoms with E-state index < -0.39 is 0 Å². The van der Waals surface area contributed by atoms with Crippen LogP contribution in [0.3, 0.4) is 0 Å². The lowest BCUT2D eigenvalue weighted by molar-refractivity contribution is 0.112. The Bertz CT molecular complexity index is 1390. The van der Waals surface area contributed by atoms with Crippen LogP contribution in [0.25, 0.3) is 11.0 Å². The van der Waals surface area contributed by atoms with Gasteiger partial charge in [0.05, 0.1) is 26.5 Å². The molecule has 8 nitrogen and oxygen atoms in total. The van der Waals surface area contributed by atoms with Gasteiger partial charge in [-0.3, -0.25) is 18.8 Å². The Morgan fingerprint density at radius 2 is 1.85 bits per heavy atom. The summed E-state index contributed by atoms with van der Waals surface area (Å²) < 4.78 is 14.1. The molecular formula is C25H26N4O4S. The number of fused-ring (bicyclic) bond motifs is 1. The lowest BCUT2D eigenvalue weighted by atomic mass is 10.1. The minimum absolute atomic E-state index is 0.139. The van der Waals surface area contributed by atoms with Gasteiger partial charge in [-0.2, -0.15) is 5.10 Å². The van der Waals surface area contributed by atoms with Crippen LogP contribution in [0.5, 0.6) is 11.5 Å². The van der Waals surface area contributed by atoms with Crippen LogP contribution in [0.2, 0.25) is 0 Å². The molecule has 0 spiro atoms. The van der Waals surface area contributed by atoms with E-state index >= 15 is 0 Å². The van der Waals surface area contributed by atoms with Crippen molar-refractivity contribution < 1.29 is 14.3 Å². The van der Waals surface area contributed by atoms with Gasteiger partial charge in [-0.15, -0.1) is 0 Å². The fourth-order valence-electron chi connectivity index (χ4n) is 3.81. The number of methoxy groups -OCH3 is 2. The van der Waals surface area contributed by atoms with Crippen molar-refractivity contribution in [2.45, 2.75) is 37.8 Å². The number of rotatable bonds is 9. The molecule has 0 atom stereocenters. The van der Waals surface area contributed by atoms with Crippen LogP contribution in [0.1, 0.15) is 34.1 Å². The third-order valence-corrected chi connectivity index (χ3v) is 6.60. The van der Waals surface area contributed by atoms with E-state index in [4.69, 9.17) is 14.5 Å². The third kappa shape index (κ3) is 4.56. The van der Waals surface area contributed by atoms with Gasteiger partial charge in [0.15, 0.2) is 10.7 Å². The summed E-state index contributed by atoms with van der Waals surface area (Å²) in [5.41, 5.74) is 4.05. The largest absolute Gasteiger partial charge is 0.497 e. The highest BCUT2D eigenvalue weighted by molar-refractivity contribution is 7.98. The summed E-state index contributed by atoms with van der Waals surface area (Å²) >= 11 is 1.42. The second-order valence-corrected chi connectivity index (χ2v) is 8.65. The van der Waals surface area contributed by atoms with E-state index in [0.29, 0.717) is 52.0 Å². The first-order chi connectivity index (χ1) is 16.5. The molecule has 34 heavy (non-hydrogen) atoms. The smallest absolute Gasteiger partial charge is 0.280 e. The van der Waals surface area contributed by atoms with Gasteiger partial charge in [0.2, 0.25) is 0 Å². The van der Waals surface area contributed by atoms with E-state index in [-0.39, 0.29) is 5.56 Å². The number of nitrogens with zero attached hydrogens (tertiary/aromatic N) is 4. The molecule has 4 rings (SSSR count). The average molecular weight is 479 g/mol. The Hall–Kier alpha value is -3.59. The van der Waals surface area contributed by atoms with E-state index in [1.165, 1.54) is 11.8 Å². The number of ether oxygens (including phenoxy) is 2. The van der Waals surface area contributed by atoms with Crippen molar-refractivity contribution in [2.24, 2.45) is 0 Å². The van der Waals surface area contributed by atoms with Gasteiger partial charge in [-0.1, -0.05) is 23.9 Å². The summed E-state index contributed by atoms with van der Waals surface area (Å²) in [6.45, 7) is 4.74. The Labute approximate surface area is 201 Å². The van der Waals surface area contributed by atoms with E-state index in [1.807, 2.05) is 38.1 Å². The molecule has 0 aliphatic carbocycles. The summed E-state index contributed by atoms with van der Waals surface area (Å²) in [5, 5.41) is 5.08. The number of thioether (sulfide) groups is 1. The maximum atomic E-state index is 13.7. The number of aryl methyl sites for hydroxylation is 2. The van der Waals surface area contributed by atoms with Gasteiger partial charge >= 0.3 is 0 Å². The standard InChI is InChI=1S/C25H26N4O4S/c1-5-29-23-22(16(2)27-29)26-25(34-15-19-12-18(14-30)8-11-21(19)33-4)28(24(23)31)13-17-6-9-20(32-3)10-7-17/h6-12,14H,5,13,15H2,1-4H3. The van der Waals surface area contributed by atoms with Crippen molar-refractivity contribution in [1.29, 1.82) is 0 Å². The van der Waals surface area contributed by atoms with Gasteiger partial charge in [0.25, 0.3) is 5.56 Å². The normalized spacial score (nSPS) is 11.1. The van der Waals surface area contributed by atoms with Crippen molar-refractivity contribution in [3.63, 3.8) is 0 Å². The Balaban J connectivity index is 1.79. The lowest BCUT2D eigenvalue weighted by Gasteiger charge is -2.14. The average Bonchev–Trinajstić information content (AvgIpc) is 3.20. The van der Waals surface area contributed by atoms with Crippen molar-refractivity contribution in [2.75, 3.05) is 14.2 Å². The number of aromatic nitrogens is 4. The van der Waals surface area contributed by atoms with Gasteiger partial charge in [0.1, 0.15) is 23.3 Å². The highest BCUT2D eigenvalue weighted by Gasteiger charge is 2.19. The molecule has 0 aliphatic rings. The minimum atomic E-state index is -0.139. The van der Waals surface area contributed by atoms with Crippen LogP contribution in [0.15, 0.2) is 52.4 Å². The zero-order valence-electron chi connectivity index (χ0n) is 19.6. The minimum Gasteiger partial charge on any atom is -0.497 e. The molecule has 0 saturated heterocycles. The number of aldehydes is 1. The van der Waals surface area contributed by atoms with Crippen molar-refractivity contribution in [3.8, 4) is 11.5 Å². The molecule has 0 unspecified atom stereocenters. The van der Waals surface area contributed by atoms with Gasteiger partial charge in [-0.25, -0.2) is 4.98 Å². The zero-order valence-corrected chi connectivity index (χ0v) is 20.4. The van der Waals surface area contributed by atoms with Crippen molar-refractivity contribution >= 4 is 29.1 Å². The van der Waals surface area contributed by atoms with Crippen LogP contribution in [-0.4, -0.2) is 39.8 Å². The van der Waals surface area contributed by atoms with E-state index in [0.717, 1.165) is 23.2 Å².